The van der Waals surface area contributed by atoms with Gasteiger partial charge in [-0.3, -0.25) is 0 Å². The van der Waals surface area contributed by atoms with Gasteiger partial charge in [0.15, 0.2) is 0 Å². The first-order valence-electron chi connectivity index (χ1n) is 10.7. The van der Waals surface area contributed by atoms with E-state index in [0.29, 0.717) is 0 Å². The molecule has 0 saturated carbocycles. The predicted molar refractivity (Wildman–Crippen MR) is 135 cm³/mol. The summed E-state index contributed by atoms with van der Waals surface area (Å²) in [6.45, 7) is 0. The summed E-state index contributed by atoms with van der Waals surface area (Å²) in [7, 11) is 3.30. The topological polar surface area (TPSA) is 44.2 Å². The van der Waals surface area contributed by atoms with Crippen LogP contribution in [0.1, 0.15) is 22.5 Å². The lowest BCUT2D eigenvalue weighted by molar-refractivity contribution is 0.414. The molecule has 4 heteroatoms. The van der Waals surface area contributed by atoms with E-state index < -0.39 is 0 Å². The Bertz CT molecular complexity index is 1490. The Morgan fingerprint density at radius 3 is 1.26 bits per heavy atom. The Labute approximate surface area is 198 Å². The van der Waals surface area contributed by atoms with E-state index in [1.807, 2.05) is 84.9 Å². The quantitative estimate of drug-likeness (QED) is 0.265. The number of benzene rings is 3. The summed E-state index contributed by atoms with van der Waals surface area (Å²) in [5, 5.41) is 2.07. The van der Waals surface area contributed by atoms with Crippen LogP contribution in [0.5, 0.6) is 11.5 Å². The van der Waals surface area contributed by atoms with E-state index in [1.165, 1.54) is 0 Å². The van der Waals surface area contributed by atoms with Gasteiger partial charge in [0.25, 0.3) is 0 Å². The van der Waals surface area contributed by atoms with Crippen LogP contribution in [0.15, 0.2) is 84.9 Å². The van der Waals surface area contributed by atoms with Crippen molar-refractivity contribution in [1.82, 2.24) is 9.97 Å². The number of nitrogens with zero attached hydrogens (tertiary/aromatic N) is 2. The van der Waals surface area contributed by atoms with Crippen molar-refractivity contribution in [1.29, 1.82) is 0 Å². The highest BCUT2D eigenvalue weighted by Gasteiger charge is 2.04. The van der Waals surface area contributed by atoms with Gasteiger partial charge in [-0.2, -0.15) is 0 Å². The van der Waals surface area contributed by atoms with E-state index in [0.717, 1.165) is 55.8 Å². The highest BCUT2D eigenvalue weighted by molar-refractivity contribution is 6.04. The molecule has 0 atom stereocenters. The smallest absolute Gasteiger partial charge is 0.118 e. The Morgan fingerprint density at radius 2 is 0.882 bits per heavy atom. The van der Waals surface area contributed by atoms with Gasteiger partial charge in [-0.1, -0.05) is 11.8 Å². The van der Waals surface area contributed by atoms with Crippen LogP contribution in [-0.4, -0.2) is 24.2 Å². The molecule has 2 heterocycles. The van der Waals surface area contributed by atoms with Crippen molar-refractivity contribution in [2.75, 3.05) is 14.2 Å². The normalized spacial score (nSPS) is 10.2. The van der Waals surface area contributed by atoms with Gasteiger partial charge in [-0.05, 0) is 96.8 Å². The van der Waals surface area contributed by atoms with Crippen LogP contribution < -0.4 is 9.47 Å². The zero-order valence-corrected chi connectivity index (χ0v) is 18.8. The molecule has 5 rings (SSSR count). The summed E-state index contributed by atoms with van der Waals surface area (Å²) in [5.74, 6) is 14.2. The van der Waals surface area contributed by atoms with Gasteiger partial charge in [0.1, 0.15) is 22.9 Å². The summed E-state index contributed by atoms with van der Waals surface area (Å²) in [5.41, 5.74) is 5.03. The van der Waals surface area contributed by atoms with E-state index in [4.69, 9.17) is 19.4 Å². The number of fused-ring (bicyclic) bond motifs is 3. The maximum Gasteiger partial charge on any atom is 0.118 e. The lowest BCUT2D eigenvalue weighted by atomic mass is 10.1. The number of rotatable bonds is 2. The molecule has 0 N–H and O–H groups in total. The van der Waals surface area contributed by atoms with E-state index in [-0.39, 0.29) is 0 Å². The molecule has 34 heavy (non-hydrogen) atoms. The molecule has 0 amide bonds. The Hall–Kier alpha value is -4.80. The van der Waals surface area contributed by atoms with Gasteiger partial charge in [0.2, 0.25) is 0 Å². The van der Waals surface area contributed by atoms with Crippen molar-refractivity contribution < 1.29 is 9.47 Å². The second-order valence-corrected chi connectivity index (χ2v) is 7.55. The van der Waals surface area contributed by atoms with Gasteiger partial charge >= 0.3 is 0 Å². The molecule has 3 aromatic carbocycles. The third kappa shape index (κ3) is 4.53. The molecule has 5 aromatic rings. The Morgan fingerprint density at radius 1 is 0.471 bits per heavy atom. The summed E-state index contributed by atoms with van der Waals surface area (Å²) in [6, 6.07) is 27.2. The first-order valence-corrected chi connectivity index (χ1v) is 10.7. The first kappa shape index (κ1) is 21.1. The SMILES string of the molecule is COc1ccc(C#Cc2ccc3c(ccc4nc(C#Cc5ccc(OC)cc5)ccc43)n2)cc1. The highest BCUT2D eigenvalue weighted by atomic mass is 16.5. The fourth-order valence-corrected chi connectivity index (χ4v) is 3.58. The molecule has 0 unspecified atom stereocenters. The molecule has 0 radical (unpaired) electrons. The van der Waals surface area contributed by atoms with E-state index in [2.05, 4.69) is 23.7 Å². The van der Waals surface area contributed by atoms with Crippen LogP contribution >= 0.6 is 0 Å². The number of methoxy groups -OCH3 is 2. The van der Waals surface area contributed by atoms with Crippen LogP contribution in [0.2, 0.25) is 0 Å². The van der Waals surface area contributed by atoms with Crippen LogP contribution in [0.4, 0.5) is 0 Å². The van der Waals surface area contributed by atoms with Crippen LogP contribution in [0, 0.1) is 23.7 Å². The summed E-state index contributed by atoms with van der Waals surface area (Å²) >= 11 is 0. The van der Waals surface area contributed by atoms with Crippen LogP contribution in [0.25, 0.3) is 21.8 Å². The van der Waals surface area contributed by atoms with Crippen molar-refractivity contribution in [3.63, 3.8) is 0 Å². The lowest BCUT2D eigenvalue weighted by Crippen LogP contribution is -1.89. The van der Waals surface area contributed by atoms with Gasteiger partial charge < -0.3 is 9.47 Å². The zero-order valence-electron chi connectivity index (χ0n) is 18.8. The Kier molecular flexibility index (Phi) is 5.80. The number of aromatic nitrogens is 2. The van der Waals surface area contributed by atoms with Gasteiger partial charge in [0, 0.05) is 21.9 Å². The maximum absolute atomic E-state index is 5.19. The summed E-state index contributed by atoms with van der Waals surface area (Å²) < 4.78 is 10.4. The maximum atomic E-state index is 5.19. The van der Waals surface area contributed by atoms with E-state index >= 15 is 0 Å². The summed E-state index contributed by atoms with van der Waals surface area (Å²) in [6.07, 6.45) is 0. The molecule has 2 aromatic heterocycles. The van der Waals surface area contributed by atoms with Gasteiger partial charge in [-0.15, -0.1) is 0 Å². The van der Waals surface area contributed by atoms with Gasteiger partial charge in [0.05, 0.1) is 25.3 Å². The van der Waals surface area contributed by atoms with Crippen molar-refractivity contribution in [3.05, 3.63) is 107 Å². The van der Waals surface area contributed by atoms with Crippen LogP contribution in [0.3, 0.4) is 0 Å². The van der Waals surface area contributed by atoms with Crippen molar-refractivity contribution in [2.45, 2.75) is 0 Å². The Balaban J connectivity index is 1.42. The number of hydrogen-bond acceptors (Lipinski definition) is 4. The highest BCUT2D eigenvalue weighted by Crippen LogP contribution is 2.23. The fourth-order valence-electron chi connectivity index (χ4n) is 3.58. The number of ether oxygens (including phenoxy) is 2. The molecular weight excluding hydrogens is 420 g/mol. The molecule has 0 fully saturated rings. The molecule has 0 saturated heterocycles. The second-order valence-electron chi connectivity index (χ2n) is 7.55. The van der Waals surface area contributed by atoms with Crippen molar-refractivity contribution in [3.8, 4) is 35.2 Å². The zero-order chi connectivity index (χ0) is 23.3. The average molecular weight is 441 g/mol. The minimum atomic E-state index is 0.720. The second kappa shape index (κ2) is 9.36. The predicted octanol–water partition coefficient (Wildman–Crippen LogP) is 5.60. The van der Waals surface area contributed by atoms with Crippen molar-refractivity contribution >= 4 is 21.8 Å². The van der Waals surface area contributed by atoms with E-state index in [1.54, 1.807) is 14.2 Å². The lowest BCUT2D eigenvalue weighted by Gasteiger charge is -2.04. The van der Waals surface area contributed by atoms with E-state index in [9.17, 15) is 0 Å². The molecule has 0 aliphatic rings. The molecule has 162 valence electrons. The standard InChI is InChI=1S/C30H20N2O2/c1-33-25-13-5-21(6-14-25)3-9-23-11-17-27-28-18-12-24(32-30(28)20-19-29(27)31-23)10-4-22-7-15-26(34-2)16-8-22/h5-8,11-20H,1-2H3. The van der Waals surface area contributed by atoms with Gasteiger partial charge in [-0.25, -0.2) is 9.97 Å². The third-order valence-corrected chi connectivity index (χ3v) is 5.39. The molecular formula is C30H20N2O2. The molecule has 0 bridgehead atoms. The monoisotopic (exact) mass is 440 g/mol. The summed E-state index contributed by atoms with van der Waals surface area (Å²) in [4.78, 5) is 9.44. The molecule has 0 aliphatic heterocycles. The molecule has 0 aliphatic carbocycles. The molecule has 4 nitrogen and oxygen atoms in total. The average Bonchev–Trinajstić information content (AvgIpc) is 2.91. The van der Waals surface area contributed by atoms with Crippen molar-refractivity contribution in [2.24, 2.45) is 0 Å². The third-order valence-electron chi connectivity index (χ3n) is 5.39. The number of hydrogen-bond donors (Lipinski definition) is 0. The molecule has 0 spiro atoms. The largest absolute Gasteiger partial charge is 0.497 e. The minimum absolute atomic E-state index is 0.720. The van der Waals surface area contributed by atoms with Crippen LogP contribution in [-0.2, 0) is 0 Å². The fraction of sp³-hybridized carbons (Fsp3) is 0.0667. The first-order chi connectivity index (χ1) is 16.7. The minimum Gasteiger partial charge on any atom is -0.497 e. The number of pyridine rings is 2.